The summed E-state index contributed by atoms with van der Waals surface area (Å²) in [7, 11) is 0. The summed E-state index contributed by atoms with van der Waals surface area (Å²) in [5.74, 6) is 0. The molecule has 3 aromatic rings. The molecule has 2 aliphatic rings. The number of hydrogen-bond donors (Lipinski definition) is 0. The van der Waals surface area contributed by atoms with E-state index in [1.165, 1.54) is 35.7 Å². The number of aromatic nitrogens is 1. The summed E-state index contributed by atoms with van der Waals surface area (Å²) in [6.45, 7) is 3.36. The highest BCUT2D eigenvalue weighted by atomic mass is 15.2. The number of rotatable bonds is 2. The number of benzene rings is 2. The van der Waals surface area contributed by atoms with Crippen LogP contribution in [0.15, 0.2) is 54.6 Å². The normalized spacial score (nSPS) is 20.6. The zero-order chi connectivity index (χ0) is 15.2. The van der Waals surface area contributed by atoms with Crippen LogP contribution in [0.3, 0.4) is 0 Å². The lowest BCUT2D eigenvalue weighted by molar-refractivity contribution is 0.133. The van der Waals surface area contributed by atoms with Crippen molar-refractivity contribution in [3.05, 3.63) is 71.4 Å². The Kier molecular flexibility index (Phi) is 3.05. The van der Waals surface area contributed by atoms with E-state index in [2.05, 4.69) is 64.1 Å². The third-order valence-electron chi connectivity index (χ3n) is 5.62. The van der Waals surface area contributed by atoms with Gasteiger partial charge in [-0.15, -0.1) is 0 Å². The molecule has 0 amide bonds. The summed E-state index contributed by atoms with van der Waals surface area (Å²) in [6.07, 6.45) is 3.87. The lowest BCUT2D eigenvalue weighted by Crippen LogP contribution is -2.39. The first kappa shape index (κ1) is 13.4. The van der Waals surface area contributed by atoms with Gasteiger partial charge in [0.05, 0.1) is 6.04 Å². The number of hydrogen-bond acceptors (Lipinski definition) is 1. The van der Waals surface area contributed by atoms with Gasteiger partial charge in [-0.3, -0.25) is 4.90 Å². The summed E-state index contributed by atoms with van der Waals surface area (Å²) in [4.78, 5) is 2.70. The van der Waals surface area contributed by atoms with Crippen molar-refractivity contribution in [3.8, 4) is 0 Å². The molecular formula is C21H22N2. The van der Waals surface area contributed by atoms with Crippen LogP contribution >= 0.6 is 0 Å². The number of aryl methyl sites for hydroxylation is 1. The lowest BCUT2D eigenvalue weighted by atomic mass is 9.89. The molecule has 1 unspecified atom stereocenters. The van der Waals surface area contributed by atoms with Crippen molar-refractivity contribution in [1.29, 1.82) is 0 Å². The highest BCUT2D eigenvalue weighted by molar-refractivity contribution is 5.86. The maximum absolute atomic E-state index is 2.70. The van der Waals surface area contributed by atoms with Crippen molar-refractivity contribution < 1.29 is 0 Å². The molecule has 0 saturated heterocycles. The molecule has 2 nitrogen and oxygen atoms in total. The minimum absolute atomic E-state index is 0.597. The molecule has 23 heavy (non-hydrogen) atoms. The van der Waals surface area contributed by atoms with E-state index in [-0.39, 0.29) is 0 Å². The molecule has 0 saturated carbocycles. The molecule has 0 N–H and O–H groups in total. The van der Waals surface area contributed by atoms with Crippen LogP contribution in [-0.4, -0.2) is 16.0 Å². The zero-order valence-electron chi connectivity index (χ0n) is 13.4. The first-order chi connectivity index (χ1) is 11.4. The summed E-state index contributed by atoms with van der Waals surface area (Å²) < 4.78 is 2.61. The quantitative estimate of drug-likeness (QED) is 0.675. The Labute approximate surface area is 137 Å². The van der Waals surface area contributed by atoms with Crippen LogP contribution in [0, 0.1) is 0 Å². The van der Waals surface area contributed by atoms with E-state index in [1.54, 1.807) is 11.3 Å². The number of fused-ring (bicyclic) bond motifs is 3. The highest BCUT2D eigenvalue weighted by Crippen LogP contribution is 2.42. The fraction of sp³-hybridized carbons (Fsp3) is 0.333. The van der Waals surface area contributed by atoms with Crippen LogP contribution in [0.5, 0.6) is 0 Å². The van der Waals surface area contributed by atoms with Gasteiger partial charge in [0.2, 0.25) is 0 Å². The van der Waals surface area contributed by atoms with Gasteiger partial charge in [0.15, 0.2) is 0 Å². The van der Waals surface area contributed by atoms with Crippen LogP contribution in [0.1, 0.15) is 35.7 Å². The summed E-state index contributed by atoms with van der Waals surface area (Å²) in [5, 5.41) is 1.49. The van der Waals surface area contributed by atoms with Crippen LogP contribution < -0.4 is 0 Å². The molecule has 0 radical (unpaired) electrons. The van der Waals surface area contributed by atoms with E-state index in [0.717, 1.165) is 19.6 Å². The Bertz CT molecular complexity index is 814. The monoisotopic (exact) mass is 302 g/mol. The average molecular weight is 302 g/mol. The van der Waals surface area contributed by atoms with Gasteiger partial charge in [-0.25, -0.2) is 0 Å². The van der Waals surface area contributed by atoms with E-state index in [0.29, 0.717) is 6.04 Å². The SMILES string of the molecule is c1ccc(CN2CCn3c4c(c5ccccc53)CCCC42)cc1. The lowest BCUT2D eigenvalue weighted by Gasteiger charge is -2.40. The van der Waals surface area contributed by atoms with Gasteiger partial charge in [0.1, 0.15) is 0 Å². The smallest absolute Gasteiger partial charge is 0.0508 e. The maximum Gasteiger partial charge on any atom is 0.0508 e. The Morgan fingerprint density at radius 3 is 2.65 bits per heavy atom. The second-order valence-electron chi connectivity index (χ2n) is 6.90. The maximum atomic E-state index is 2.70. The third kappa shape index (κ3) is 2.05. The van der Waals surface area contributed by atoms with Gasteiger partial charge >= 0.3 is 0 Å². The third-order valence-corrected chi connectivity index (χ3v) is 5.62. The fourth-order valence-corrected chi connectivity index (χ4v) is 4.64. The molecule has 1 atom stereocenters. The van der Waals surface area contributed by atoms with Gasteiger partial charge in [-0.2, -0.15) is 0 Å². The molecule has 116 valence electrons. The van der Waals surface area contributed by atoms with Gasteiger partial charge in [-0.1, -0.05) is 48.5 Å². The van der Waals surface area contributed by atoms with E-state index < -0.39 is 0 Å². The van der Waals surface area contributed by atoms with Gasteiger partial charge in [-0.05, 0) is 36.5 Å². The summed E-state index contributed by atoms with van der Waals surface area (Å²) in [6, 6.07) is 20.5. The Balaban J connectivity index is 1.59. The zero-order valence-corrected chi connectivity index (χ0v) is 13.4. The molecule has 1 aromatic heterocycles. The van der Waals surface area contributed by atoms with Crippen molar-refractivity contribution >= 4 is 10.9 Å². The number of para-hydroxylation sites is 1. The molecule has 2 heteroatoms. The Morgan fingerprint density at radius 2 is 1.74 bits per heavy atom. The van der Waals surface area contributed by atoms with Gasteiger partial charge < -0.3 is 4.57 Å². The molecule has 1 aliphatic heterocycles. The second kappa shape index (κ2) is 5.24. The Morgan fingerprint density at radius 1 is 0.913 bits per heavy atom. The number of nitrogens with zero attached hydrogens (tertiary/aromatic N) is 2. The largest absolute Gasteiger partial charge is 0.342 e. The molecule has 0 bridgehead atoms. The topological polar surface area (TPSA) is 8.17 Å². The molecule has 1 aliphatic carbocycles. The molecule has 0 fully saturated rings. The predicted molar refractivity (Wildman–Crippen MR) is 94.5 cm³/mol. The first-order valence-electron chi connectivity index (χ1n) is 8.80. The van der Waals surface area contributed by atoms with Crippen molar-refractivity contribution in [2.24, 2.45) is 0 Å². The van der Waals surface area contributed by atoms with E-state index in [9.17, 15) is 0 Å². The average Bonchev–Trinajstić information content (AvgIpc) is 2.94. The highest BCUT2D eigenvalue weighted by Gasteiger charge is 2.34. The van der Waals surface area contributed by atoms with E-state index >= 15 is 0 Å². The summed E-state index contributed by atoms with van der Waals surface area (Å²) in [5.41, 5.74) is 6.11. The van der Waals surface area contributed by atoms with Crippen LogP contribution in [0.25, 0.3) is 10.9 Å². The van der Waals surface area contributed by atoms with Crippen molar-refractivity contribution in [1.82, 2.24) is 9.47 Å². The minimum Gasteiger partial charge on any atom is -0.342 e. The van der Waals surface area contributed by atoms with Crippen LogP contribution in [0.2, 0.25) is 0 Å². The molecule has 2 heterocycles. The van der Waals surface area contributed by atoms with Gasteiger partial charge in [0, 0.05) is 36.2 Å². The van der Waals surface area contributed by atoms with Crippen molar-refractivity contribution in [3.63, 3.8) is 0 Å². The van der Waals surface area contributed by atoms with Crippen molar-refractivity contribution in [2.45, 2.75) is 38.4 Å². The fourth-order valence-electron chi connectivity index (χ4n) is 4.64. The van der Waals surface area contributed by atoms with E-state index in [4.69, 9.17) is 0 Å². The summed E-state index contributed by atoms with van der Waals surface area (Å²) >= 11 is 0. The Hall–Kier alpha value is -2.06. The first-order valence-corrected chi connectivity index (χ1v) is 8.80. The second-order valence-corrected chi connectivity index (χ2v) is 6.90. The molecule has 0 spiro atoms. The van der Waals surface area contributed by atoms with E-state index in [1.807, 2.05) is 0 Å². The minimum atomic E-state index is 0.597. The standard InChI is InChI=1S/C21H22N2/c1-2-7-16(8-3-1)15-22-13-14-23-19-11-5-4-9-17(19)18-10-6-12-20(22)21(18)23/h1-5,7-9,11,20H,6,10,12-15H2. The molecule has 5 rings (SSSR count). The molecule has 2 aromatic carbocycles. The van der Waals surface area contributed by atoms with Gasteiger partial charge in [0.25, 0.3) is 0 Å². The van der Waals surface area contributed by atoms with Crippen LogP contribution in [-0.2, 0) is 19.5 Å². The van der Waals surface area contributed by atoms with Crippen LogP contribution in [0.4, 0.5) is 0 Å². The predicted octanol–water partition coefficient (Wildman–Crippen LogP) is 4.53. The molecular weight excluding hydrogens is 280 g/mol. The van der Waals surface area contributed by atoms with Crippen molar-refractivity contribution in [2.75, 3.05) is 6.54 Å².